The number of hydrogen-bond donors (Lipinski definition) is 1. The Morgan fingerprint density at radius 2 is 1.88 bits per heavy atom. The Morgan fingerprint density at radius 3 is 2.50 bits per heavy atom. The van der Waals surface area contributed by atoms with Crippen LogP contribution in [0.2, 0.25) is 0 Å². The number of rotatable bonds is 7. The molecule has 1 unspecified atom stereocenters. The van der Waals surface area contributed by atoms with Gasteiger partial charge in [-0.3, -0.25) is 14.5 Å². The van der Waals surface area contributed by atoms with Crippen LogP contribution in [0.4, 0.5) is 8.78 Å². The number of carboxylic acid groups (broad SMARTS) is 1. The van der Waals surface area contributed by atoms with Crippen LogP contribution >= 0.6 is 12.4 Å². The van der Waals surface area contributed by atoms with E-state index in [1.54, 1.807) is 4.90 Å². The third-order valence-electron chi connectivity index (χ3n) is 4.12. The van der Waals surface area contributed by atoms with Crippen LogP contribution in [0.1, 0.15) is 19.8 Å². The van der Waals surface area contributed by atoms with Crippen LogP contribution in [0.25, 0.3) is 0 Å². The van der Waals surface area contributed by atoms with Gasteiger partial charge in [0.1, 0.15) is 0 Å². The van der Waals surface area contributed by atoms with E-state index in [1.165, 1.54) is 19.1 Å². The first-order valence-electron chi connectivity index (χ1n) is 8.22. The van der Waals surface area contributed by atoms with Crippen LogP contribution in [-0.4, -0.2) is 65.6 Å². The topological polar surface area (TPSA) is 70.1 Å². The fraction of sp³-hybridized carbons (Fsp3) is 0.529. The summed E-state index contributed by atoms with van der Waals surface area (Å²) in [7, 11) is 0. The van der Waals surface area contributed by atoms with E-state index in [2.05, 4.69) is 4.90 Å². The zero-order chi connectivity index (χ0) is 18.4. The van der Waals surface area contributed by atoms with Crippen molar-refractivity contribution in [3.05, 3.63) is 29.8 Å². The highest BCUT2D eigenvalue weighted by atomic mass is 35.5. The van der Waals surface area contributed by atoms with Gasteiger partial charge in [-0.25, -0.2) is 4.39 Å². The van der Waals surface area contributed by atoms with E-state index in [4.69, 9.17) is 9.84 Å². The first-order chi connectivity index (χ1) is 11.9. The number of halogens is 3. The van der Waals surface area contributed by atoms with Gasteiger partial charge in [0.2, 0.25) is 5.82 Å². The van der Waals surface area contributed by atoms with Gasteiger partial charge in [0.05, 0.1) is 0 Å². The molecule has 1 aromatic carbocycles. The van der Waals surface area contributed by atoms with Gasteiger partial charge < -0.3 is 14.7 Å². The molecule has 1 amide bonds. The molecule has 1 fully saturated rings. The summed E-state index contributed by atoms with van der Waals surface area (Å²) in [6.45, 7) is 4.45. The zero-order valence-corrected chi connectivity index (χ0v) is 15.3. The molecule has 1 saturated heterocycles. The Kier molecular flexibility index (Phi) is 8.74. The summed E-state index contributed by atoms with van der Waals surface area (Å²) in [6, 6.07) is 3.59. The number of hydrogen-bond acceptors (Lipinski definition) is 4. The number of amides is 1. The molecular weight excluding hydrogens is 370 g/mol. The van der Waals surface area contributed by atoms with Gasteiger partial charge in [-0.05, 0) is 32.0 Å². The van der Waals surface area contributed by atoms with Crippen molar-refractivity contribution in [1.29, 1.82) is 0 Å². The van der Waals surface area contributed by atoms with Crippen LogP contribution in [0, 0.1) is 11.6 Å². The molecule has 1 atom stereocenters. The lowest BCUT2D eigenvalue weighted by atomic mass is 10.2. The second kappa shape index (κ2) is 10.3. The first-order valence-corrected chi connectivity index (χ1v) is 8.22. The van der Waals surface area contributed by atoms with E-state index in [0.717, 1.165) is 6.07 Å². The summed E-state index contributed by atoms with van der Waals surface area (Å²) in [6.07, 6.45) is -0.222. The van der Waals surface area contributed by atoms with Crippen molar-refractivity contribution in [3.8, 4) is 5.75 Å². The molecule has 1 aliphatic heterocycles. The van der Waals surface area contributed by atoms with E-state index < -0.39 is 23.7 Å². The second-order valence-corrected chi connectivity index (χ2v) is 5.98. The van der Waals surface area contributed by atoms with Crippen molar-refractivity contribution in [2.45, 2.75) is 25.9 Å². The Labute approximate surface area is 157 Å². The molecule has 9 heteroatoms. The van der Waals surface area contributed by atoms with Gasteiger partial charge in [0.25, 0.3) is 5.91 Å². The molecule has 6 nitrogen and oxygen atoms in total. The minimum Gasteiger partial charge on any atom is -0.481 e. The van der Waals surface area contributed by atoms with Gasteiger partial charge in [0.15, 0.2) is 17.7 Å². The Balaban J connectivity index is 0.00000338. The molecule has 2 rings (SSSR count). The molecule has 1 N–H and O–H groups in total. The van der Waals surface area contributed by atoms with E-state index in [9.17, 15) is 18.4 Å². The van der Waals surface area contributed by atoms with E-state index in [0.29, 0.717) is 39.1 Å². The normalized spacial score (nSPS) is 15.9. The van der Waals surface area contributed by atoms with Crippen molar-refractivity contribution in [1.82, 2.24) is 9.80 Å². The maximum absolute atomic E-state index is 13.6. The quantitative estimate of drug-likeness (QED) is 0.770. The molecular formula is C17H23ClF2N2O4. The molecule has 1 heterocycles. The Morgan fingerprint density at radius 1 is 1.23 bits per heavy atom. The largest absolute Gasteiger partial charge is 0.481 e. The van der Waals surface area contributed by atoms with E-state index in [-0.39, 0.29) is 30.5 Å². The van der Waals surface area contributed by atoms with Gasteiger partial charge >= 0.3 is 5.97 Å². The predicted molar refractivity (Wildman–Crippen MR) is 93.6 cm³/mol. The molecule has 0 radical (unpaired) electrons. The number of carboxylic acids is 1. The van der Waals surface area contributed by atoms with Crippen molar-refractivity contribution in [2.24, 2.45) is 0 Å². The second-order valence-electron chi connectivity index (χ2n) is 5.98. The average molecular weight is 393 g/mol. The van der Waals surface area contributed by atoms with Crippen LogP contribution < -0.4 is 4.74 Å². The summed E-state index contributed by atoms with van der Waals surface area (Å²) in [5.41, 5.74) is 0. The van der Waals surface area contributed by atoms with Crippen LogP contribution in [0.3, 0.4) is 0 Å². The smallest absolute Gasteiger partial charge is 0.303 e. The number of carbonyl (C=O) groups is 2. The lowest BCUT2D eigenvalue weighted by Crippen LogP contribution is -2.52. The molecule has 0 spiro atoms. The highest BCUT2D eigenvalue weighted by molar-refractivity contribution is 5.85. The molecule has 146 valence electrons. The number of piperazine rings is 1. The lowest BCUT2D eigenvalue weighted by Gasteiger charge is -2.35. The monoisotopic (exact) mass is 392 g/mol. The van der Waals surface area contributed by atoms with Gasteiger partial charge in [-0.1, -0.05) is 6.07 Å². The summed E-state index contributed by atoms with van der Waals surface area (Å²) >= 11 is 0. The van der Waals surface area contributed by atoms with Gasteiger partial charge in [-0.15, -0.1) is 12.4 Å². The van der Waals surface area contributed by atoms with Crippen LogP contribution in [-0.2, 0) is 9.59 Å². The predicted octanol–water partition coefficient (Wildman–Crippen LogP) is 2.16. The number of nitrogens with zero attached hydrogens (tertiary/aromatic N) is 2. The SMILES string of the molecule is CC(Oc1cccc(F)c1F)C(=O)N1CCN(CCCC(=O)O)CC1.Cl. The van der Waals surface area contributed by atoms with Crippen molar-refractivity contribution in [3.63, 3.8) is 0 Å². The Hall–Kier alpha value is -1.93. The van der Waals surface area contributed by atoms with Gasteiger partial charge in [-0.2, -0.15) is 4.39 Å². The molecule has 0 bridgehead atoms. The van der Waals surface area contributed by atoms with Crippen molar-refractivity contribution >= 4 is 24.3 Å². The third kappa shape index (κ3) is 6.10. The van der Waals surface area contributed by atoms with Crippen LogP contribution in [0.5, 0.6) is 5.75 Å². The summed E-state index contributed by atoms with van der Waals surface area (Å²) in [5, 5.41) is 8.64. The fourth-order valence-corrected chi connectivity index (χ4v) is 2.72. The summed E-state index contributed by atoms with van der Waals surface area (Å²) in [5.74, 6) is -3.51. The maximum Gasteiger partial charge on any atom is 0.303 e. The minimum absolute atomic E-state index is 0. The third-order valence-corrected chi connectivity index (χ3v) is 4.12. The highest BCUT2D eigenvalue weighted by Crippen LogP contribution is 2.21. The van der Waals surface area contributed by atoms with E-state index >= 15 is 0 Å². The summed E-state index contributed by atoms with van der Waals surface area (Å²) in [4.78, 5) is 26.6. The maximum atomic E-state index is 13.6. The molecule has 0 aromatic heterocycles. The molecule has 1 aliphatic rings. The minimum atomic E-state index is -1.11. The van der Waals surface area contributed by atoms with Crippen molar-refractivity contribution in [2.75, 3.05) is 32.7 Å². The van der Waals surface area contributed by atoms with E-state index in [1.807, 2.05) is 0 Å². The van der Waals surface area contributed by atoms with Crippen molar-refractivity contribution < 1.29 is 28.2 Å². The lowest BCUT2D eigenvalue weighted by molar-refractivity contribution is -0.139. The molecule has 0 saturated carbocycles. The number of benzene rings is 1. The summed E-state index contributed by atoms with van der Waals surface area (Å²) < 4.78 is 32.1. The molecule has 1 aromatic rings. The number of carbonyl (C=O) groups excluding carboxylic acids is 1. The van der Waals surface area contributed by atoms with Crippen LogP contribution in [0.15, 0.2) is 18.2 Å². The molecule has 0 aliphatic carbocycles. The first kappa shape index (κ1) is 22.1. The average Bonchev–Trinajstić information content (AvgIpc) is 2.58. The fourth-order valence-electron chi connectivity index (χ4n) is 2.72. The van der Waals surface area contributed by atoms with Gasteiger partial charge in [0, 0.05) is 32.6 Å². The molecule has 26 heavy (non-hydrogen) atoms. The Bertz CT molecular complexity index is 625. The highest BCUT2D eigenvalue weighted by Gasteiger charge is 2.26. The number of aliphatic carboxylic acids is 1. The standard InChI is InChI=1S/C17H22F2N2O4.ClH/c1-12(25-14-5-2-4-13(18)16(14)19)17(24)21-10-8-20(9-11-21)7-3-6-15(22)23;/h2,4-5,12H,3,6-11H2,1H3,(H,22,23);1H. The number of ether oxygens (including phenoxy) is 1. The zero-order valence-electron chi connectivity index (χ0n) is 14.5.